The van der Waals surface area contributed by atoms with E-state index in [4.69, 9.17) is 5.73 Å². The first-order valence-corrected chi connectivity index (χ1v) is 5.63. The number of hydrogen-bond acceptors (Lipinski definition) is 3. The molecule has 0 fully saturated rings. The second-order valence-electron chi connectivity index (χ2n) is 3.86. The number of hydrogen-bond donors (Lipinski definition) is 1. The molecule has 0 aliphatic carbocycles. The summed E-state index contributed by atoms with van der Waals surface area (Å²) in [5.74, 6) is -0.311. The molecule has 1 rings (SSSR count). The summed E-state index contributed by atoms with van der Waals surface area (Å²) < 4.78 is 4.63. The minimum atomic E-state index is -0.311. The number of benzene rings is 1. The van der Waals surface area contributed by atoms with Gasteiger partial charge in [-0.3, -0.25) is 0 Å². The van der Waals surface area contributed by atoms with Crippen molar-refractivity contribution in [3.8, 4) is 0 Å². The van der Waals surface area contributed by atoms with Crippen molar-refractivity contribution >= 4 is 5.97 Å². The van der Waals surface area contributed by atoms with Crippen LogP contribution in [0.1, 0.15) is 48.1 Å². The second kappa shape index (κ2) is 6.28. The van der Waals surface area contributed by atoms with Gasteiger partial charge in [0.05, 0.1) is 12.7 Å². The summed E-state index contributed by atoms with van der Waals surface area (Å²) in [4.78, 5) is 11.2. The van der Waals surface area contributed by atoms with Crippen molar-refractivity contribution < 1.29 is 9.53 Å². The molecule has 88 valence electrons. The molecule has 3 nitrogen and oxygen atoms in total. The average Bonchev–Trinajstić information content (AvgIpc) is 2.35. The Morgan fingerprint density at radius 1 is 1.38 bits per heavy atom. The number of methoxy groups -OCH3 is 1. The van der Waals surface area contributed by atoms with Crippen LogP contribution in [0.25, 0.3) is 0 Å². The third-order valence-electron chi connectivity index (χ3n) is 2.63. The molecule has 3 heteroatoms. The summed E-state index contributed by atoms with van der Waals surface area (Å²) in [6.45, 7) is 2.15. The van der Waals surface area contributed by atoms with Crippen molar-refractivity contribution in [2.75, 3.05) is 7.11 Å². The quantitative estimate of drug-likeness (QED) is 0.778. The molecule has 2 N–H and O–H groups in total. The van der Waals surface area contributed by atoms with Gasteiger partial charge in [0, 0.05) is 6.04 Å². The highest BCUT2D eigenvalue weighted by molar-refractivity contribution is 5.89. The van der Waals surface area contributed by atoms with Crippen molar-refractivity contribution in [3.63, 3.8) is 0 Å². The molecule has 0 unspecified atom stereocenters. The Labute approximate surface area is 96.6 Å². The zero-order chi connectivity index (χ0) is 12.0. The third kappa shape index (κ3) is 3.35. The van der Waals surface area contributed by atoms with Crippen LogP contribution in [0.5, 0.6) is 0 Å². The number of esters is 1. The van der Waals surface area contributed by atoms with Gasteiger partial charge in [0.25, 0.3) is 0 Å². The maximum atomic E-state index is 11.2. The number of carbonyl (C=O) groups excluding carboxylic acids is 1. The minimum absolute atomic E-state index is 0.0617. The maximum Gasteiger partial charge on any atom is 0.337 e. The highest BCUT2D eigenvalue weighted by Gasteiger charge is 2.08. The number of nitrogens with two attached hydrogens (primary N) is 1. The Kier molecular flexibility index (Phi) is 4.99. The molecule has 0 aromatic heterocycles. The molecule has 0 bridgehead atoms. The number of ether oxygens (including phenoxy) is 1. The van der Waals surface area contributed by atoms with E-state index in [0.29, 0.717) is 5.56 Å². The van der Waals surface area contributed by atoms with Gasteiger partial charge in [-0.15, -0.1) is 0 Å². The fraction of sp³-hybridized carbons (Fsp3) is 0.462. The normalized spacial score (nSPS) is 12.2. The topological polar surface area (TPSA) is 52.3 Å². The van der Waals surface area contributed by atoms with E-state index < -0.39 is 0 Å². The molecular formula is C13H19NO2. The molecule has 0 radical (unpaired) electrons. The van der Waals surface area contributed by atoms with E-state index in [9.17, 15) is 4.79 Å². The van der Waals surface area contributed by atoms with Crippen molar-refractivity contribution in [3.05, 3.63) is 35.4 Å². The van der Waals surface area contributed by atoms with Gasteiger partial charge in [-0.25, -0.2) is 4.79 Å². The van der Waals surface area contributed by atoms with Crippen molar-refractivity contribution in [1.29, 1.82) is 0 Å². The van der Waals surface area contributed by atoms with E-state index in [1.807, 2.05) is 12.1 Å². The zero-order valence-electron chi connectivity index (χ0n) is 9.90. The fourth-order valence-corrected chi connectivity index (χ4v) is 1.57. The summed E-state index contributed by atoms with van der Waals surface area (Å²) in [6.07, 6.45) is 3.25. The van der Waals surface area contributed by atoms with Gasteiger partial charge < -0.3 is 10.5 Å². The monoisotopic (exact) mass is 221 g/mol. The Hall–Kier alpha value is -1.35. The molecule has 0 aliphatic heterocycles. The summed E-state index contributed by atoms with van der Waals surface area (Å²) in [5.41, 5.74) is 7.66. The number of unbranched alkanes of at least 4 members (excludes halogenated alkanes) is 1. The first-order valence-electron chi connectivity index (χ1n) is 5.63. The van der Waals surface area contributed by atoms with Crippen molar-refractivity contribution in [2.24, 2.45) is 5.73 Å². The van der Waals surface area contributed by atoms with E-state index in [1.54, 1.807) is 12.1 Å². The summed E-state index contributed by atoms with van der Waals surface area (Å²) in [7, 11) is 1.38. The van der Waals surface area contributed by atoms with Gasteiger partial charge in [-0.1, -0.05) is 31.9 Å². The molecule has 1 atom stereocenters. The molecule has 16 heavy (non-hydrogen) atoms. The summed E-state index contributed by atoms with van der Waals surface area (Å²) in [5, 5.41) is 0. The Morgan fingerprint density at radius 2 is 2.00 bits per heavy atom. The van der Waals surface area contributed by atoms with Gasteiger partial charge in [0.1, 0.15) is 0 Å². The lowest BCUT2D eigenvalue weighted by Crippen LogP contribution is -2.10. The van der Waals surface area contributed by atoms with Crippen LogP contribution in [0.4, 0.5) is 0 Å². The Balaban J connectivity index is 2.67. The molecule has 0 aliphatic rings. The molecular weight excluding hydrogens is 202 g/mol. The second-order valence-corrected chi connectivity index (χ2v) is 3.86. The van der Waals surface area contributed by atoms with Gasteiger partial charge in [-0.05, 0) is 24.1 Å². The van der Waals surface area contributed by atoms with Crippen LogP contribution in [0, 0.1) is 0 Å². The Morgan fingerprint density at radius 3 is 2.50 bits per heavy atom. The first kappa shape index (κ1) is 12.7. The van der Waals surface area contributed by atoms with Crippen LogP contribution in [-0.2, 0) is 4.74 Å². The van der Waals surface area contributed by atoms with Crippen LogP contribution >= 0.6 is 0 Å². The van der Waals surface area contributed by atoms with Gasteiger partial charge >= 0.3 is 5.97 Å². The minimum Gasteiger partial charge on any atom is -0.465 e. The van der Waals surface area contributed by atoms with Gasteiger partial charge in [0.2, 0.25) is 0 Å². The lowest BCUT2D eigenvalue weighted by molar-refractivity contribution is 0.0600. The van der Waals surface area contributed by atoms with Gasteiger partial charge in [0.15, 0.2) is 0 Å². The molecule has 0 heterocycles. The predicted molar refractivity (Wildman–Crippen MR) is 64.2 cm³/mol. The molecule has 0 spiro atoms. The lowest BCUT2D eigenvalue weighted by Gasteiger charge is -2.11. The predicted octanol–water partition coefficient (Wildman–Crippen LogP) is 2.66. The summed E-state index contributed by atoms with van der Waals surface area (Å²) in [6, 6.07) is 7.37. The maximum absolute atomic E-state index is 11.2. The van der Waals surface area contributed by atoms with E-state index in [2.05, 4.69) is 11.7 Å². The third-order valence-corrected chi connectivity index (χ3v) is 2.63. The average molecular weight is 221 g/mol. The number of rotatable bonds is 5. The molecule has 1 aromatic rings. The number of carbonyl (C=O) groups is 1. The van der Waals surface area contributed by atoms with E-state index >= 15 is 0 Å². The zero-order valence-corrected chi connectivity index (χ0v) is 9.90. The summed E-state index contributed by atoms with van der Waals surface area (Å²) >= 11 is 0. The smallest absolute Gasteiger partial charge is 0.337 e. The van der Waals surface area contributed by atoms with Crippen molar-refractivity contribution in [2.45, 2.75) is 32.2 Å². The molecule has 0 amide bonds. The standard InChI is InChI=1S/C13H19NO2/c1-3-4-5-12(14)10-6-8-11(9-7-10)13(15)16-2/h6-9,12H,3-5,14H2,1-2H3/t12-/m0/s1. The Bertz CT molecular complexity index is 332. The van der Waals surface area contributed by atoms with Crippen LogP contribution in [0.2, 0.25) is 0 Å². The van der Waals surface area contributed by atoms with Crippen LogP contribution < -0.4 is 5.73 Å². The largest absolute Gasteiger partial charge is 0.465 e. The lowest BCUT2D eigenvalue weighted by atomic mass is 10.0. The van der Waals surface area contributed by atoms with Crippen LogP contribution in [-0.4, -0.2) is 13.1 Å². The fourth-order valence-electron chi connectivity index (χ4n) is 1.57. The van der Waals surface area contributed by atoms with Gasteiger partial charge in [-0.2, -0.15) is 0 Å². The first-order chi connectivity index (χ1) is 7.69. The van der Waals surface area contributed by atoms with E-state index in [0.717, 1.165) is 24.8 Å². The van der Waals surface area contributed by atoms with E-state index in [-0.39, 0.29) is 12.0 Å². The van der Waals surface area contributed by atoms with Crippen LogP contribution in [0.3, 0.4) is 0 Å². The highest BCUT2D eigenvalue weighted by Crippen LogP contribution is 2.17. The highest BCUT2D eigenvalue weighted by atomic mass is 16.5. The SMILES string of the molecule is CCCC[C@H](N)c1ccc(C(=O)OC)cc1. The van der Waals surface area contributed by atoms with Crippen molar-refractivity contribution in [1.82, 2.24) is 0 Å². The molecule has 1 aromatic carbocycles. The molecule has 0 saturated heterocycles. The van der Waals surface area contributed by atoms with E-state index in [1.165, 1.54) is 7.11 Å². The van der Waals surface area contributed by atoms with Crippen LogP contribution in [0.15, 0.2) is 24.3 Å². The molecule has 0 saturated carbocycles.